The quantitative estimate of drug-likeness (QED) is 0.813. The summed E-state index contributed by atoms with van der Waals surface area (Å²) in [4.78, 5) is 0. The second-order valence-corrected chi connectivity index (χ2v) is 6.39. The van der Waals surface area contributed by atoms with Gasteiger partial charge in [-0.1, -0.05) is 13.8 Å². The van der Waals surface area contributed by atoms with Gasteiger partial charge in [-0.2, -0.15) is 0 Å². The van der Waals surface area contributed by atoms with Crippen molar-refractivity contribution in [2.75, 3.05) is 13.2 Å². The molecule has 2 fully saturated rings. The van der Waals surface area contributed by atoms with Crippen LogP contribution in [0.3, 0.4) is 0 Å². The van der Waals surface area contributed by atoms with Gasteiger partial charge in [0.25, 0.3) is 0 Å². The Morgan fingerprint density at radius 3 is 2.35 bits per heavy atom. The SMILES string of the molecule is CC(C)C1CCC(NCC2CCOC2C)CC1. The van der Waals surface area contributed by atoms with Crippen molar-refractivity contribution in [3.63, 3.8) is 0 Å². The maximum Gasteiger partial charge on any atom is 0.0588 e. The fraction of sp³-hybridized carbons (Fsp3) is 1.00. The molecule has 2 heteroatoms. The number of hydrogen-bond donors (Lipinski definition) is 1. The van der Waals surface area contributed by atoms with E-state index < -0.39 is 0 Å². The molecular formula is C15H29NO. The van der Waals surface area contributed by atoms with Gasteiger partial charge in [0.1, 0.15) is 0 Å². The topological polar surface area (TPSA) is 21.3 Å². The summed E-state index contributed by atoms with van der Waals surface area (Å²) < 4.78 is 5.61. The molecule has 0 radical (unpaired) electrons. The summed E-state index contributed by atoms with van der Waals surface area (Å²) in [6.07, 6.45) is 7.32. The van der Waals surface area contributed by atoms with E-state index in [0.29, 0.717) is 6.10 Å². The molecule has 1 saturated carbocycles. The minimum Gasteiger partial charge on any atom is -0.378 e. The highest BCUT2D eigenvalue weighted by molar-refractivity contribution is 4.81. The highest BCUT2D eigenvalue weighted by Crippen LogP contribution is 2.30. The van der Waals surface area contributed by atoms with Crippen LogP contribution in [0.2, 0.25) is 0 Å². The Balaban J connectivity index is 1.64. The number of nitrogens with one attached hydrogen (secondary N) is 1. The third-order valence-electron chi connectivity index (χ3n) is 4.92. The minimum absolute atomic E-state index is 0.467. The Hall–Kier alpha value is -0.0800. The summed E-state index contributed by atoms with van der Waals surface area (Å²) in [5.74, 6) is 2.60. The van der Waals surface area contributed by atoms with Crippen LogP contribution in [0.5, 0.6) is 0 Å². The van der Waals surface area contributed by atoms with Gasteiger partial charge in [-0.3, -0.25) is 0 Å². The van der Waals surface area contributed by atoms with E-state index in [0.717, 1.165) is 36.9 Å². The highest BCUT2D eigenvalue weighted by atomic mass is 16.5. The third-order valence-corrected chi connectivity index (χ3v) is 4.92. The van der Waals surface area contributed by atoms with Gasteiger partial charge < -0.3 is 10.1 Å². The summed E-state index contributed by atoms with van der Waals surface area (Å²) in [5, 5.41) is 3.77. The molecule has 0 amide bonds. The molecular weight excluding hydrogens is 210 g/mol. The van der Waals surface area contributed by atoms with Gasteiger partial charge in [0.15, 0.2) is 0 Å². The molecule has 2 aliphatic rings. The van der Waals surface area contributed by atoms with Crippen LogP contribution in [-0.4, -0.2) is 25.3 Å². The average molecular weight is 239 g/mol. The lowest BCUT2D eigenvalue weighted by Crippen LogP contribution is -2.38. The lowest BCUT2D eigenvalue weighted by molar-refractivity contribution is 0.104. The molecule has 1 aliphatic heterocycles. The number of hydrogen-bond acceptors (Lipinski definition) is 2. The summed E-state index contributed by atoms with van der Waals surface area (Å²) in [6, 6.07) is 0.776. The zero-order valence-corrected chi connectivity index (χ0v) is 11.7. The fourth-order valence-electron chi connectivity index (χ4n) is 3.35. The largest absolute Gasteiger partial charge is 0.378 e. The summed E-state index contributed by atoms with van der Waals surface area (Å²) >= 11 is 0. The van der Waals surface area contributed by atoms with E-state index in [-0.39, 0.29) is 0 Å². The van der Waals surface area contributed by atoms with Gasteiger partial charge in [0.05, 0.1) is 6.10 Å². The number of ether oxygens (including phenoxy) is 1. The monoisotopic (exact) mass is 239 g/mol. The van der Waals surface area contributed by atoms with Crippen LogP contribution in [0.4, 0.5) is 0 Å². The minimum atomic E-state index is 0.467. The first kappa shape index (κ1) is 13.4. The molecule has 0 aromatic rings. The van der Waals surface area contributed by atoms with E-state index in [1.807, 2.05) is 0 Å². The first-order valence-electron chi connectivity index (χ1n) is 7.51. The number of rotatable bonds is 4. The molecule has 1 heterocycles. The maximum atomic E-state index is 5.61. The fourth-order valence-corrected chi connectivity index (χ4v) is 3.35. The van der Waals surface area contributed by atoms with E-state index in [9.17, 15) is 0 Å². The van der Waals surface area contributed by atoms with Gasteiger partial charge >= 0.3 is 0 Å². The predicted molar refractivity (Wildman–Crippen MR) is 72.1 cm³/mol. The first-order valence-corrected chi connectivity index (χ1v) is 7.51. The van der Waals surface area contributed by atoms with Crippen LogP contribution in [-0.2, 0) is 4.74 Å². The standard InChI is InChI=1S/C15H29NO/c1-11(2)13-4-6-15(7-5-13)16-10-14-8-9-17-12(14)3/h11-16H,4-10H2,1-3H3. The van der Waals surface area contributed by atoms with Crippen LogP contribution in [0.1, 0.15) is 52.9 Å². The molecule has 0 spiro atoms. The molecule has 0 aromatic carbocycles. The molecule has 2 rings (SSSR count). The van der Waals surface area contributed by atoms with Gasteiger partial charge in [0.2, 0.25) is 0 Å². The predicted octanol–water partition coefficient (Wildman–Crippen LogP) is 3.22. The summed E-state index contributed by atoms with van der Waals surface area (Å²) in [6.45, 7) is 9.09. The Labute approximate surface area is 107 Å². The molecule has 0 aromatic heterocycles. The second-order valence-electron chi connectivity index (χ2n) is 6.39. The van der Waals surface area contributed by atoms with Crippen molar-refractivity contribution >= 4 is 0 Å². The van der Waals surface area contributed by atoms with Gasteiger partial charge in [-0.05, 0) is 56.8 Å². The van der Waals surface area contributed by atoms with E-state index in [4.69, 9.17) is 4.74 Å². The van der Waals surface area contributed by atoms with Crippen molar-refractivity contribution < 1.29 is 4.74 Å². The Morgan fingerprint density at radius 2 is 1.82 bits per heavy atom. The lowest BCUT2D eigenvalue weighted by atomic mass is 9.79. The molecule has 2 nitrogen and oxygen atoms in total. The highest BCUT2D eigenvalue weighted by Gasteiger charge is 2.27. The van der Waals surface area contributed by atoms with Gasteiger partial charge in [0, 0.05) is 19.2 Å². The van der Waals surface area contributed by atoms with Crippen molar-refractivity contribution in [2.45, 2.75) is 65.0 Å². The van der Waals surface area contributed by atoms with Crippen molar-refractivity contribution in [1.82, 2.24) is 5.32 Å². The molecule has 2 atom stereocenters. The average Bonchev–Trinajstić information content (AvgIpc) is 2.73. The second kappa shape index (κ2) is 6.19. The molecule has 1 saturated heterocycles. The van der Waals surface area contributed by atoms with E-state index in [1.165, 1.54) is 32.1 Å². The van der Waals surface area contributed by atoms with E-state index in [1.54, 1.807) is 0 Å². The molecule has 1 N–H and O–H groups in total. The molecule has 100 valence electrons. The zero-order chi connectivity index (χ0) is 12.3. The van der Waals surface area contributed by atoms with Crippen LogP contribution in [0.25, 0.3) is 0 Å². The van der Waals surface area contributed by atoms with Crippen molar-refractivity contribution in [3.05, 3.63) is 0 Å². The van der Waals surface area contributed by atoms with Crippen molar-refractivity contribution in [2.24, 2.45) is 17.8 Å². The van der Waals surface area contributed by atoms with Crippen LogP contribution in [0.15, 0.2) is 0 Å². The van der Waals surface area contributed by atoms with Crippen molar-refractivity contribution in [1.29, 1.82) is 0 Å². The molecule has 2 unspecified atom stereocenters. The van der Waals surface area contributed by atoms with Gasteiger partial charge in [-0.15, -0.1) is 0 Å². The smallest absolute Gasteiger partial charge is 0.0588 e. The normalized spacial score (nSPS) is 38.8. The molecule has 0 bridgehead atoms. The Morgan fingerprint density at radius 1 is 1.12 bits per heavy atom. The summed E-state index contributed by atoms with van der Waals surface area (Å²) in [7, 11) is 0. The Kier molecular flexibility index (Phi) is 4.87. The van der Waals surface area contributed by atoms with Crippen LogP contribution in [0, 0.1) is 17.8 Å². The van der Waals surface area contributed by atoms with E-state index >= 15 is 0 Å². The summed E-state index contributed by atoms with van der Waals surface area (Å²) in [5.41, 5.74) is 0. The Bertz CT molecular complexity index is 221. The lowest BCUT2D eigenvalue weighted by Gasteiger charge is -2.32. The van der Waals surface area contributed by atoms with Crippen LogP contribution >= 0.6 is 0 Å². The van der Waals surface area contributed by atoms with E-state index in [2.05, 4.69) is 26.1 Å². The maximum absolute atomic E-state index is 5.61. The van der Waals surface area contributed by atoms with Crippen molar-refractivity contribution in [3.8, 4) is 0 Å². The first-order chi connectivity index (χ1) is 8.16. The molecule has 17 heavy (non-hydrogen) atoms. The molecule has 1 aliphatic carbocycles. The van der Waals surface area contributed by atoms with Crippen LogP contribution < -0.4 is 5.32 Å². The van der Waals surface area contributed by atoms with Gasteiger partial charge in [-0.25, -0.2) is 0 Å². The third kappa shape index (κ3) is 3.69. The zero-order valence-electron chi connectivity index (χ0n) is 11.7.